The molecule has 0 aromatic heterocycles. The summed E-state index contributed by atoms with van der Waals surface area (Å²) >= 11 is 0. The summed E-state index contributed by atoms with van der Waals surface area (Å²) in [6.45, 7) is 1.55. The van der Waals surface area contributed by atoms with E-state index in [1.54, 1.807) is 31.2 Å². The molecule has 1 atom stereocenters. The van der Waals surface area contributed by atoms with E-state index in [0.29, 0.717) is 11.4 Å². The number of aliphatic carboxylic acids is 1. The van der Waals surface area contributed by atoms with Gasteiger partial charge in [0.1, 0.15) is 5.75 Å². The van der Waals surface area contributed by atoms with Crippen LogP contribution >= 0.6 is 0 Å². The molecule has 6 nitrogen and oxygen atoms in total. The number of hydrazone groups is 1. The quantitative estimate of drug-likeness (QED) is 0.866. The van der Waals surface area contributed by atoms with Crippen LogP contribution in [0.1, 0.15) is 39.0 Å². The zero-order valence-electron chi connectivity index (χ0n) is 13.1. The van der Waals surface area contributed by atoms with Crippen LogP contribution in [0, 0.1) is 5.92 Å². The van der Waals surface area contributed by atoms with E-state index in [0.717, 1.165) is 23.6 Å². The predicted octanol–water partition coefficient (Wildman–Crippen LogP) is 2.82. The molecular weight excluding hydrogens is 296 g/mol. The monoisotopic (exact) mass is 316 g/mol. The Morgan fingerprint density at radius 3 is 2.43 bits per heavy atom. The van der Waals surface area contributed by atoms with Gasteiger partial charge in [-0.3, -0.25) is 9.59 Å². The maximum Gasteiger partial charge on any atom is 0.322 e. The molecule has 0 radical (unpaired) electrons. The van der Waals surface area contributed by atoms with Crippen molar-refractivity contribution in [2.45, 2.75) is 45.1 Å². The summed E-state index contributed by atoms with van der Waals surface area (Å²) in [4.78, 5) is 23.3. The average molecular weight is 316 g/mol. The van der Waals surface area contributed by atoms with Crippen LogP contribution in [-0.2, 0) is 9.59 Å². The van der Waals surface area contributed by atoms with E-state index < -0.39 is 17.8 Å². The van der Waals surface area contributed by atoms with Crippen molar-refractivity contribution in [3.63, 3.8) is 0 Å². The van der Waals surface area contributed by atoms with Gasteiger partial charge in [-0.25, -0.2) is 0 Å². The lowest BCUT2D eigenvalue weighted by Gasteiger charge is -2.23. The molecule has 1 aliphatic carbocycles. The Balaban J connectivity index is 1.70. The molecule has 1 heterocycles. The van der Waals surface area contributed by atoms with Gasteiger partial charge in [-0.05, 0) is 56.9 Å². The highest BCUT2D eigenvalue weighted by molar-refractivity contribution is 6.25. The molecule has 0 spiro atoms. The van der Waals surface area contributed by atoms with Crippen molar-refractivity contribution in [2.75, 3.05) is 5.01 Å². The number of carboxylic acids is 1. The van der Waals surface area contributed by atoms with Crippen molar-refractivity contribution in [3.8, 4) is 5.75 Å². The highest BCUT2D eigenvalue weighted by atomic mass is 16.5. The van der Waals surface area contributed by atoms with E-state index in [-0.39, 0.29) is 6.10 Å². The van der Waals surface area contributed by atoms with Crippen LogP contribution in [0.3, 0.4) is 0 Å². The Kier molecular flexibility index (Phi) is 4.32. The SMILES string of the molecule is CC1=NN(c2ccc(OC3CCCCC3)cc2)C(=O)C1C(=O)O. The standard InChI is InChI=1S/C17H20N2O4/c1-11-15(17(21)22)16(20)19(18-11)12-7-9-14(10-8-12)23-13-5-3-2-4-6-13/h7-10,13,15H,2-6H2,1H3,(H,21,22). The van der Waals surface area contributed by atoms with E-state index in [4.69, 9.17) is 9.84 Å². The highest BCUT2D eigenvalue weighted by Gasteiger charge is 2.39. The highest BCUT2D eigenvalue weighted by Crippen LogP contribution is 2.28. The van der Waals surface area contributed by atoms with E-state index in [1.165, 1.54) is 19.3 Å². The molecule has 23 heavy (non-hydrogen) atoms. The Hall–Kier alpha value is -2.37. The van der Waals surface area contributed by atoms with Crippen molar-refractivity contribution in [1.29, 1.82) is 0 Å². The van der Waals surface area contributed by atoms with Crippen molar-refractivity contribution >= 4 is 23.3 Å². The number of rotatable bonds is 4. The van der Waals surface area contributed by atoms with Crippen LogP contribution in [-0.4, -0.2) is 28.8 Å². The smallest absolute Gasteiger partial charge is 0.322 e. The number of carboxylic acid groups (broad SMARTS) is 1. The fourth-order valence-electron chi connectivity index (χ4n) is 3.08. The van der Waals surface area contributed by atoms with Gasteiger partial charge >= 0.3 is 5.97 Å². The number of hydrogen-bond donors (Lipinski definition) is 1. The number of carbonyl (C=O) groups is 2. The molecule has 2 aliphatic rings. The van der Waals surface area contributed by atoms with Crippen molar-refractivity contribution in [2.24, 2.45) is 11.0 Å². The Labute approximate surface area is 134 Å². The number of anilines is 1. The largest absolute Gasteiger partial charge is 0.490 e. The topological polar surface area (TPSA) is 79.2 Å². The van der Waals surface area contributed by atoms with E-state index in [9.17, 15) is 9.59 Å². The zero-order chi connectivity index (χ0) is 16.4. The molecule has 1 unspecified atom stereocenters. The molecular formula is C17H20N2O4. The minimum absolute atomic E-state index is 0.264. The van der Waals surface area contributed by atoms with E-state index >= 15 is 0 Å². The first-order valence-corrected chi connectivity index (χ1v) is 7.95. The third kappa shape index (κ3) is 3.21. The molecule has 1 aliphatic heterocycles. The number of hydrogen-bond acceptors (Lipinski definition) is 4. The summed E-state index contributed by atoms with van der Waals surface area (Å²) in [6.07, 6.45) is 6.11. The Morgan fingerprint density at radius 2 is 1.87 bits per heavy atom. The number of amides is 1. The van der Waals surface area contributed by atoms with Gasteiger partial charge < -0.3 is 9.84 Å². The first-order chi connectivity index (χ1) is 11.1. The maximum atomic E-state index is 12.2. The Bertz CT molecular complexity index is 632. The fraction of sp³-hybridized carbons (Fsp3) is 0.471. The van der Waals surface area contributed by atoms with Gasteiger partial charge in [0.15, 0.2) is 5.92 Å². The van der Waals surface area contributed by atoms with E-state index in [2.05, 4.69) is 5.10 Å². The second-order valence-electron chi connectivity index (χ2n) is 6.03. The van der Waals surface area contributed by atoms with Crippen molar-refractivity contribution in [3.05, 3.63) is 24.3 Å². The third-order valence-electron chi connectivity index (χ3n) is 4.31. The number of ether oxygens (including phenoxy) is 1. The first kappa shape index (κ1) is 15.5. The summed E-state index contributed by atoms with van der Waals surface area (Å²) in [5.41, 5.74) is 0.846. The normalized spacial score (nSPS) is 22.1. The second kappa shape index (κ2) is 6.40. The van der Waals surface area contributed by atoms with Crippen molar-refractivity contribution < 1.29 is 19.4 Å². The number of benzene rings is 1. The van der Waals surface area contributed by atoms with Crippen molar-refractivity contribution in [1.82, 2.24) is 0 Å². The molecule has 1 fully saturated rings. The van der Waals surface area contributed by atoms with Crippen LogP contribution in [0.15, 0.2) is 29.4 Å². The summed E-state index contributed by atoms with van der Waals surface area (Å²) in [6, 6.07) is 7.07. The molecule has 1 aromatic carbocycles. The van der Waals surface area contributed by atoms with Gasteiger partial charge in [0.2, 0.25) is 0 Å². The molecule has 0 saturated heterocycles. The van der Waals surface area contributed by atoms with Gasteiger partial charge in [-0.1, -0.05) is 6.42 Å². The lowest BCUT2D eigenvalue weighted by Crippen LogP contribution is -2.32. The van der Waals surface area contributed by atoms with Crippen LogP contribution in [0.4, 0.5) is 5.69 Å². The van der Waals surface area contributed by atoms with Crippen LogP contribution in [0.5, 0.6) is 5.75 Å². The van der Waals surface area contributed by atoms with Gasteiger partial charge in [0.05, 0.1) is 17.5 Å². The van der Waals surface area contributed by atoms with Gasteiger partial charge in [-0.2, -0.15) is 10.1 Å². The molecule has 1 saturated carbocycles. The molecule has 6 heteroatoms. The van der Waals surface area contributed by atoms with Gasteiger partial charge in [-0.15, -0.1) is 0 Å². The third-order valence-corrected chi connectivity index (χ3v) is 4.31. The molecule has 0 bridgehead atoms. The van der Waals surface area contributed by atoms with E-state index in [1.807, 2.05) is 0 Å². The minimum atomic E-state index is -1.19. The summed E-state index contributed by atoms with van der Waals surface area (Å²) in [7, 11) is 0. The summed E-state index contributed by atoms with van der Waals surface area (Å²) < 4.78 is 5.95. The lowest BCUT2D eigenvalue weighted by molar-refractivity contribution is -0.142. The molecule has 3 rings (SSSR count). The fourth-order valence-corrected chi connectivity index (χ4v) is 3.08. The molecule has 1 aromatic rings. The first-order valence-electron chi connectivity index (χ1n) is 7.95. The van der Waals surface area contributed by atoms with Crippen LogP contribution in [0.25, 0.3) is 0 Å². The number of nitrogens with zero attached hydrogens (tertiary/aromatic N) is 2. The zero-order valence-corrected chi connectivity index (χ0v) is 13.1. The maximum absolute atomic E-state index is 12.2. The molecule has 1 amide bonds. The second-order valence-corrected chi connectivity index (χ2v) is 6.03. The van der Waals surface area contributed by atoms with Crippen LogP contribution < -0.4 is 9.75 Å². The van der Waals surface area contributed by atoms with Gasteiger partial charge in [0, 0.05) is 0 Å². The van der Waals surface area contributed by atoms with Gasteiger partial charge in [0.25, 0.3) is 5.91 Å². The minimum Gasteiger partial charge on any atom is -0.490 e. The predicted molar refractivity (Wildman–Crippen MR) is 85.7 cm³/mol. The summed E-state index contributed by atoms with van der Waals surface area (Å²) in [5.74, 6) is -2.12. The Morgan fingerprint density at radius 1 is 1.22 bits per heavy atom. The molecule has 1 N–H and O–H groups in total. The number of carbonyl (C=O) groups excluding carboxylic acids is 1. The molecule has 122 valence electrons. The average Bonchev–Trinajstić information content (AvgIpc) is 2.84. The summed E-state index contributed by atoms with van der Waals surface area (Å²) in [5, 5.41) is 14.3. The lowest BCUT2D eigenvalue weighted by atomic mass is 9.98. The van der Waals surface area contributed by atoms with Crippen LogP contribution in [0.2, 0.25) is 0 Å².